The Kier molecular flexibility index (Phi) is 4.71. The Bertz CT molecular complexity index is 363. The summed E-state index contributed by atoms with van der Waals surface area (Å²) >= 11 is 3.48. The summed E-state index contributed by atoms with van der Waals surface area (Å²) in [7, 11) is 0. The van der Waals surface area contributed by atoms with Gasteiger partial charge in [0, 0.05) is 25.2 Å². The first kappa shape index (κ1) is 12.7. The maximum absolute atomic E-state index is 12.1. The van der Waals surface area contributed by atoms with Crippen LogP contribution in [0.4, 0.5) is 0 Å². The predicted octanol–water partition coefficient (Wildman–Crippen LogP) is 1.97. The number of alkyl halides is 1. The molecule has 1 aliphatic rings. The van der Waals surface area contributed by atoms with Gasteiger partial charge in [-0.05, 0) is 0 Å². The van der Waals surface area contributed by atoms with Crippen molar-refractivity contribution in [3.8, 4) is 0 Å². The Morgan fingerprint density at radius 3 is 2.59 bits per heavy atom. The van der Waals surface area contributed by atoms with Crippen LogP contribution in [0.3, 0.4) is 0 Å². The fourth-order valence-corrected chi connectivity index (χ4v) is 2.55. The van der Waals surface area contributed by atoms with Crippen molar-refractivity contribution in [3.63, 3.8) is 0 Å². The monoisotopic (exact) mass is 297 g/mol. The van der Waals surface area contributed by atoms with Gasteiger partial charge in [-0.2, -0.15) is 0 Å². The van der Waals surface area contributed by atoms with E-state index in [4.69, 9.17) is 4.74 Å². The molecule has 0 spiro atoms. The molecule has 1 aromatic rings. The van der Waals surface area contributed by atoms with E-state index in [1.54, 1.807) is 0 Å². The number of benzene rings is 1. The fourth-order valence-electron chi connectivity index (χ4n) is 1.88. The number of nitrogens with zero attached hydrogens (tertiary/aromatic N) is 1. The minimum atomic E-state index is -0.136. The zero-order chi connectivity index (χ0) is 12.1. The van der Waals surface area contributed by atoms with Crippen LogP contribution in [0.5, 0.6) is 0 Å². The fraction of sp³-hybridized carbons (Fsp3) is 0.462. The van der Waals surface area contributed by atoms with Crippen molar-refractivity contribution in [2.75, 3.05) is 32.8 Å². The normalized spacial score (nSPS) is 18.9. The summed E-state index contributed by atoms with van der Waals surface area (Å²) < 4.78 is 5.28. The highest BCUT2D eigenvalue weighted by atomic mass is 79.9. The van der Waals surface area contributed by atoms with E-state index in [2.05, 4.69) is 20.8 Å². The second kappa shape index (κ2) is 6.28. The van der Waals surface area contributed by atoms with E-state index < -0.39 is 0 Å². The van der Waals surface area contributed by atoms with Crippen molar-refractivity contribution < 1.29 is 9.53 Å². The molecule has 1 atom stereocenters. The first-order valence-electron chi connectivity index (χ1n) is 5.81. The molecule has 0 radical (unpaired) electrons. The molecular formula is C13H16BrNO2. The van der Waals surface area contributed by atoms with Gasteiger partial charge in [-0.1, -0.05) is 46.3 Å². The minimum Gasteiger partial charge on any atom is -0.379 e. The molecule has 1 saturated heterocycles. The Morgan fingerprint density at radius 1 is 1.29 bits per heavy atom. The van der Waals surface area contributed by atoms with Gasteiger partial charge in [0.15, 0.2) is 5.78 Å². The number of Topliss-reactive ketones (excluding diaryl/α,β-unsaturated/α-hetero) is 1. The lowest BCUT2D eigenvalue weighted by molar-refractivity contribution is 0.0379. The van der Waals surface area contributed by atoms with Gasteiger partial charge in [-0.15, -0.1) is 0 Å². The van der Waals surface area contributed by atoms with E-state index >= 15 is 0 Å². The van der Waals surface area contributed by atoms with Gasteiger partial charge in [-0.3, -0.25) is 9.69 Å². The lowest BCUT2D eigenvalue weighted by Crippen LogP contribution is -2.41. The molecule has 0 amide bonds. The summed E-state index contributed by atoms with van der Waals surface area (Å²) in [5, 5.41) is 0. The first-order valence-corrected chi connectivity index (χ1v) is 6.72. The molecule has 0 unspecified atom stereocenters. The van der Waals surface area contributed by atoms with Crippen molar-refractivity contribution in [2.24, 2.45) is 0 Å². The number of hydrogen-bond donors (Lipinski definition) is 0. The van der Waals surface area contributed by atoms with Crippen molar-refractivity contribution in [1.82, 2.24) is 4.90 Å². The number of ketones is 1. The third-order valence-electron chi connectivity index (χ3n) is 2.86. The van der Waals surface area contributed by atoms with Gasteiger partial charge in [0.05, 0.1) is 18.0 Å². The lowest BCUT2D eigenvalue weighted by atomic mass is 10.1. The molecule has 1 aliphatic heterocycles. The first-order chi connectivity index (χ1) is 8.27. The summed E-state index contributed by atoms with van der Waals surface area (Å²) in [6.07, 6.45) is 0. The Hall–Kier alpha value is -0.710. The number of hydrogen-bond acceptors (Lipinski definition) is 3. The number of carbonyl (C=O) groups is 1. The van der Waals surface area contributed by atoms with E-state index in [1.807, 2.05) is 30.3 Å². The van der Waals surface area contributed by atoms with Crippen LogP contribution >= 0.6 is 15.9 Å². The van der Waals surface area contributed by atoms with Gasteiger partial charge in [0.25, 0.3) is 0 Å². The van der Waals surface area contributed by atoms with Crippen LogP contribution < -0.4 is 0 Å². The highest BCUT2D eigenvalue weighted by molar-refractivity contribution is 9.10. The van der Waals surface area contributed by atoms with Crippen molar-refractivity contribution in [3.05, 3.63) is 35.9 Å². The zero-order valence-electron chi connectivity index (χ0n) is 9.64. The van der Waals surface area contributed by atoms with Crippen molar-refractivity contribution >= 4 is 21.7 Å². The molecular weight excluding hydrogens is 282 g/mol. The number of ether oxygens (including phenoxy) is 1. The van der Waals surface area contributed by atoms with Crippen LogP contribution in [-0.4, -0.2) is 48.4 Å². The highest BCUT2D eigenvalue weighted by Gasteiger charge is 2.21. The van der Waals surface area contributed by atoms with Crippen LogP contribution in [0, 0.1) is 0 Å². The number of carbonyl (C=O) groups excluding carboxylic acids is 1. The number of halogens is 1. The molecule has 0 aliphatic carbocycles. The van der Waals surface area contributed by atoms with Gasteiger partial charge in [0.1, 0.15) is 0 Å². The molecule has 0 bridgehead atoms. The molecule has 92 valence electrons. The van der Waals surface area contributed by atoms with E-state index in [0.717, 1.165) is 38.4 Å². The van der Waals surface area contributed by atoms with Crippen LogP contribution in [0.2, 0.25) is 0 Å². The van der Waals surface area contributed by atoms with Gasteiger partial charge in [0.2, 0.25) is 0 Å². The average Bonchev–Trinajstić information content (AvgIpc) is 2.40. The van der Waals surface area contributed by atoms with E-state index in [9.17, 15) is 4.79 Å². The van der Waals surface area contributed by atoms with Crippen LogP contribution in [0.1, 0.15) is 10.4 Å². The molecule has 17 heavy (non-hydrogen) atoms. The molecule has 1 fully saturated rings. The molecule has 3 nitrogen and oxygen atoms in total. The topological polar surface area (TPSA) is 29.5 Å². The van der Waals surface area contributed by atoms with Crippen LogP contribution in [0.25, 0.3) is 0 Å². The summed E-state index contributed by atoms with van der Waals surface area (Å²) in [6.45, 7) is 4.09. The molecule has 4 heteroatoms. The second-order valence-electron chi connectivity index (χ2n) is 4.11. The Balaban J connectivity index is 1.91. The van der Waals surface area contributed by atoms with Crippen LogP contribution in [0.15, 0.2) is 30.3 Å². The van der Waals surface area contributed by atoms with Crippen molar-refractivity contribution in [2.45, 2.75) is 4.83 Å². The Labute approximate surface area is 110 Å². The summed E-state index contributed by atoms with van der Waals surface area (Å²) in [4.78, 5) is 14.2. The number of rotatable bonds is 4. The largest absolute Gasteiger partial charge is 0.379 e. The van der Waals surface area contributed by atoms with Gasteiger partial charge < -0.3 is 4.74 Å². The smallest absolute Gasteiger partial charge is 0.177 e. The maximum atomic E-state index is 12.1. The molecule has 0 N–H and O–H groups in total. The van der Waals surface area contributed by atoms with E-state index in [1.165, 1.54) is 0 Å². The molecule has 2 rings (SSSR count). The molecule has 0 aromatic heterocycles. The summed E-state index contributed by atoms with van der Waals surface area (Å²) in [5.41, 5.74) is 0.766. The second-order valence-corrected chi connectivity index (χ2v) is 5.22. The highest BCUT2D eigenvalue weighted by Crippen LogP contribution is 2.12. The lowest BCUT2D eigenvalue weighted by Gasteiger charge is -2.28. The summed E-state index contributed by atoms with van der Waals surface area (Å²) in [5.74, 6) is 0.150. The van der Waals surface area contributed by atoms with Crippen LogP contribution in [-0.2, 0) is 4.74 Å². The van der Waals surface area contributed by atoms with E-state index in [0.29, 0.717) is 0 Å². The SMILES string of the molecule is O=C(c1ccccc1)[C@@H](Br)CN1CCOCC1. The Morgan fingerprint density at radius 2 is 1.94 bits per heavy atom. The average molecular weight is 298 g/mol. The number of morpholine rings is 1. The molecule has 1 heterocycles. The minimum absolute atomic E-state index is 0.136. The van der Waals surface area contributed by atoms with E-state index in [-0.39, 0.29) is 10.6 Å². The summed E-state index contributed by atoms with van der Waals surface area (Å²) in [6, 6.07) is 9.41. The predicted molar refractivity (Wildman–Crippen MR) is 70.7 cm³/mol. The standard InChI is InChI=1S/C13H16BrNO2/c14-12(10-15-6-8-17-9-7-15)13(16)11-4-2-1-3-5-11/h1-5,12H,6-10H2/t12-/m0/s1. The third kappa shape index (κ3) is 3.63. The molecule has 1 aromatic carbocycles. The van der Waals surface area contributed by atoms with Gasteiger partial charge >= 0.3 is 0 Å². The quantitative estimate of drug-likeness (QED) is 0.629. The third-order valence-corrected chi connectivity index (χ3v) is 3.57. The maximum Gasteiger partial charge on any atom is 0.177 e. The van der Waals surface area contributed by atoms with Gasteiger partial charge in [-0.25, -0.2) is 0 Å². The molecule has 0 saturated carbocycles. The zero-order valence-corrected chi connectivity index (χ0v) is 11.2. The van der Waals surface area contributed by atoms with Crippen molar-refractivity contribution in [1.29, 1.82) is 0 Å².